The maximum atomic E-state index is 13.6. The van der Waals surface area contributed by atoms with Gasteiger partial charge in [0, 0.05) is 35.2 Å². The van der Waals surface area contributed by atoms with Crippen LogP contribution < -0.4 is 0 Å². The van der Waals surface area contributed by atoms with Crippen molar-refractivity contribution in [3.63, 3.8) is 0 Å². The molecule has 2 heterocycles. The van der Waals surface area contributed by atoms with Gasteiger partial charge in [-0.1, -0.05) is 47.6 Å². The number of nitrogens with zero attached hydrogens (tertiary/aromatic N) is 2. The van der Waals surface area contributed by atoms with Crippen LogP contribution in [0.5, 0.6) is 0 Å². The zero-order valence-corrected chi connectivity index (χ0v) is 28.4. The van der Waals surface area contributed by atoms with Gasteiger partial charge in [-0.3, -0.25) is 9.80 Å². The largest absolute Gasteiger partial charge is 0.478 e. The van der Waals surface area contributed by atoms with Crippen LogP contribution in [0.25, 0.3) is 0 Å². The Labute approximate surface area is 256 Å². The third kappa shape index (κ3) is 6.31. The van der Waals surface area contributed by atoms with E-state index in [1.807, 2.05) is 0 Å². The summed E-state index contributed by atoms with van der Waals surface area (Å²) in [5.74, 6) is -0.306. The minimum absolute atomic E-state index is 0.0191. The van der Waals surface area contributed by atoms with Crippen LogP contribution in [-0.4, -0.2) is 68.7 Å². The van der Waals surface area contributed by atoms with Crippen molar-refractivity contribution in [3.05, 3.63) is 34.9 Å². The lowest BCUT2D eigenvalue weighted by molar-refractivity contribution is -0.0898. The van der Waals surface area contributed by atoms with Crippen LogP contribution >= 0.6 is 0 Å². The fourth-order valence-electron chi connectivity index (χ4n) is 8.36. The lowest BCUT2D eigenvalue weighted by atomic mass is 9.69. The number of ether oxygens (including phenoxy) is 1. The lowest BCUT2D eigenvalue weighted by Crippen LogP contribution is -2.64. The summed E-state index contributed by atoms with van der Waals surface area (Å²) in [6.07, 6.45) is 9.32. The molecule has 2 aliphatic rings. The number of rotatable bonds is 12. The monoisotopic (exact) mass is 584 g/mol. The Morgan fingerprint density at radius 3 is 1.74 bits per heavy atom. The van der Waals surface area contributed by atoms with E-state index in [0.717, 1.165) is 38.5 Å². The second kappa shape index (κ2) is 13.4. The Hall–Kier alpha value is -1.92. The van der Waals surface area contributed by atoms with Crippen molar-refractivity contribution >= 4 is 11.9 Å². The molecule has 6 heteroatoms. The van der Waals surface area contributed by atoms with Gasteiger partial charge < -0.3 is 9.84 Å². The number of carboxylic acid groups (broad SMARTS) is 1. The highest BCUT2D eigenvalue weighted by atomic mass is 16.5. The zero-order valence-electron chi connectivity index (χ0n) is 28.4. The average Bonchev–Trinajstić information content (AvgIpc) is 2.98. The molecule has 0 aromatic heterocycles. The predicted octanol–water partition coefficient (Wildman–Crippen LogP) is 8.22. The van der Waals surface area contributed by atoms with Crippen LogP contribution in [0, 0.1) is 11.8 Å². The minimum Gasteiger partial charge on any atom is -0.478 e. The van der Waals surface area contributed by atoms with Gasteiger partial charge in [0.1, 0.15) is 6.61 Å². The molecule has 6 nitrogen and oxygen atoms in total. The molecular weight excluding hydrogens is 524 g/mol. The molecule has 0 bridgehead atoms. The van der Waals surface area contributed by atoms with E-state index < -0.39 is 11.9 Å². The average molecular weight is 585 g/mol. The summed E-state index contributed by atoms with van der Waals surface area (Å²) in [6, 6.07) is 5.05. The van der Waals surface area contributed by atoms with Gasteiger partial charge in [-0.2, -0.15) is 0 Å². The second-order valence-electron chi connectivity index (χ2n) is 14.3. The first-order valence-corrected chi connectivity index (χ1v) is 16.7. The quantitative estimate of drug-likeness (QED) is 0.250. The van der Waals surface area contributed by atoms with E-state index >= 15 is 0 Å². The van der Waals surface area contributed by atoms with Crippen LogP contribution in [0.2, 0.25) is 0 Å². The zero-order chi connectivity index (χ0) is 31.5. The fourth-order valence-corrected chi connectivity index (χ4v) is 8.36. The number of hydrogen-bond acceptors (Lipinski definition) is 5. The van der Waals surface area contributed by atoms with Crippen molar-refractivity contribution in [3.8, 4) is 0 Å². The number of likely N-dealkylation sites (tertiary alicyclic amines) is 2. The van der Waals surface area contributed by atoms with E-state index in [1.54, 1.807) is 18.2 Å². The predicted molar refractivity (Wildman–Crippen MR) is 172 cm³/mol. The Morgan fingerprint density at radius 2 is 1.29 bits per heavy atom. The van der Waals surface area contributed by atoms with Gasteiger partial charge in [0.15, 0.2) is 0 Å². The summed E-state index contributed by atoms with van der Waals surface area (Å²) in [5.41, 5.74) is 1.36. The number of aromatic carboxylic acids is 1. The molecule has 6 atom stereocenters. The van der Waals surface area contributed by atoms with E-state index in [4.69, 9.17) is 4.74 Å². The van der Waals surface area contributed by atoms with Crippen molar-refractivity contribution in [2.24, 2.45) is 11.8 Å². The van der Waals surface area contributed by atoms with Crippen molar-refractivity contribution in [1.29, 1.82) is 0 Å². The molecule has 0 aliphatic carbocycles. The van der Waals surface area contributed by atoms with Gasteiger partial charge in [-0.05, 0) is 115 Å². The van der Waals surface area contributed by atoms with Crippen molar-refractivity contribution in [2.45, 2.75) is 149 Å². The number of hydrogen-bond donors (Lipinski definition) is 1. The van der Waals surface area contributed by atoms with Gasteiger partial charge in [-0.15, -0.1) is 0 Å². The summed E-state index contributed by atoms with van der Waals surface area (Å²) in [6.45, 7) is 24.8. The Morgan fingerprint density at radius 1 is 0.810 bits per heavy atom. The molecule has 42 heavy (non-hydrogen) atoms. The number of piperidine rings is 2. The molecule has 1 aromatic rings. The first-order chi connectivity index (χ1) is 19.7. The number of carbonyl (C=O) groups is 2. The maximum absolute atomic E-state index is 13.6. The van der Waals surface area contributed by atoms with Crippen molar-refractivity contribution in [1.82, 2.24) is 9.80 Å². The SMILES string of the molecule is CCC1(C)CCC(C)C(C)(CC)N1CCOC(=O)c1cccc(C(=O)O)c1CCN1C(C)(CC)CCC(C)C1(C)CC. The van der Waals surface area contributed by atoms with Crippen LogP contribution in [0.1, 0.15) is 147 Å². The molecule has 0 radical (unpaired) electrons. The van der Waals surface area contributed by atoms with E-state index in [0.29, 0.717) is 49.1 Å². The van der Waals surface area contributed by atoms with Gasteiger partial charge in [0.25, 0.3) is 0 Å². The highest BCUT2D eigenvalue weighted by Gasteiger charge is 2.49. The summed E-state index contributed by atoms with van der Waals surface area (Å²) in [4.78, 5) is 31.2. The summed E-state index contributed by atoms with van der Waals surface area (Å²) >= 11 is 0. The van der Waals surface area contributed by atoms with Crippen LogP contribution in [0.3, 0.4) is 0 Å². The van der Waals surface area contributed by atoms with Gasteiger partial charge in [0.2, 0.25) is 0 Å². The molecule has 1 N–H and O–H groups in total. The molecule has 3 rings (SSSR count). The lowest BCUT2D eigenvalue weighted by Gasteiger charge is -2.58. The number of carbonyl (C=O) groups excluding carboxylic acids is 1. The molecule has 6 unspecified atom stereocenters. The topological polar surface area (TPSA) is 70.1 Å². The van der Waals surface area contributed by atoms with Gasteiger partial charge in [-0.25, -0.2) is 9.59 Å². The maximum Gasteiger partial charge on any atom is 0.338 e. The molecule has 238 valence electrons. The summed E-state index contributed by atoms with van der Waals surface area (Å²) < 4.78 is 5.96. The summed E-state index contributed by atoms with van der Waals surface area (Å²) in [5, 5.41) is 10.1. The first kappa shape index (κ1) is 34.6. The van der Waals surface area contributed by atoms with E-state index in [-0.39, 0.29) is 27.7 Å². The van der Waals surface area contributed by atoms with Gasteiger partial charge in [0.05, 0.1) is 11.1 Å². The molecule has 0 amide bonds. The Kier molecular flexibility index (Phi) is 11.0. The van der Waals surface area contributed by atoms with Crippen molar-refractivity contribution in [2.75, 3.05) is 19.7 Å². The Bertz CT molecular complexity index is 1110. The molecule has 0 saturated carbocycles. The Balaban J connectivity index is 1.85. The molecule has 2 saturated heterocycles. The molecule has 1 aromatic carbocycles. The van der Waals surface area contributed by atoms with Gasteiger partial charge >= 0.3 is 11.9 Å². The fraction of sp³-hybridized carbons (Fsp3) is 0.778. The van der Waals surface area contributed by atoms with E-state index in [2.05, 4.69) is 79.0 Å². The van der Waals surface area contributed by atoms with E-state index in [1.165, 1.54) is 12.8 Å². The molecule has 0 spiro atoms. The molecular formula is C36H60N2O4. The third-order valence-corrected chi connectivity index (χ3v) is 12.6. The third-order valence-electron chi connectivity index (χ3n) is 12.6. The highest BCUT2D eigenvalue weighted by Crippen LogP contribution is 2.46. The number of esters is 1. The van der Waals surface area contributed by atoms with Crippen LogP contribution in [-0.2, 0) is 11.2 Å². The van der Waals surface area contributed by atoms with Crippen molar-refractivity contribution < 1.29 is 19.4 Å². The first-order valence-electron chi connectivity index (χ1n) is 16.7. The normalized spacial score (nSPS) is 34.3. The number of carboxylic acids is 1. The van der Waals surface area contributed by atoms with Crippen LogP contribution in [0.4, 0.5) is 0 Å². The minimum atomic E-state index is -0.997. The number of benzene rings is 1. The standard InChI is InChI=1S/C36H60N2O4/c1-11-33(7)21-18-26(5)35(9,13-3)37(33)23-20-28-29(31(39)40)16-15-17-30(28)32(41)42-25-24-38-34(8,12-2)22-19-27(6)36(38,10)14-4/h15-17,26-27H,11-14,18-25H2,1-10H3,(H,39,40). The van der Waals surface area contributed by atoms with Crippen LogP contribution in [0.15, 0.2) is 18.2 Å². The second-order valence-corrected chi connectivity index (χ2v) is 14.3. The molecule has 2 aliphatic heterocycles. The van der Waals surface area contributed by atoms with E-state index in [9.17, 15) is 14.7 Å². The highest BCUT2D eigenvalue weighted by molar-refractivity contribution is 5.97. The smallest absolute Gasteiger partial charge is 0.338 e. The molecule has 2 fully saturated rings. The summed E-state index contributed by atoms with van der Waals surface area (Å²) in [7, 11) is 0.